The zero-order chi connectivity index (χ0) is 25.2. The van der Waals surface area contributed by atoms with Crippen LogP contribution in [0.5, 0.6) is 0 Å². The monoisotopic (exact) mass is 510 g/mol. The summed E-state index contributed by atoms with van der Waals surface area (Å²) in [5, 5.41) is 17.3. The van der Waals surface area contributed by atoms with Crippen molar-refractivity contribution < 1.29 is 19.5 Å². The lowest BCUT2D eigenvalue weighted by molar-refractivity contribution is -0.150. The van der Waals surface area contributed by atoms with Gasteiger partial charge in [-0.3, -0.25) is 14.4 Å². The predicted molar refractivity (Wildman–Crippen MR) is 137 cm³/mol. The summed E-state index contributed by atoms with van der Waals surface area (Å²) < 4.78 is 0. The molecule has 35 heavy (non-hydrogen) atoms. The number of carbonyl (C=O) groups excluding carboxylic acids is 3. The van der Waals surface area contributed by atoms with Gasteiger partial charge < -0.3 is 15.7 Å². The molecule has 0 aliphatic heterocycles. The molecule has 0 aromatic heterocycles. The average molecular weight is 511 g/mol. The summed E-state index contributed by atoms with van der Waals surface area (Å²) in [6.45, 7) is 1.42. The molecule has 1 fully saturated rings. The molecule has 8 heteroatoms. The fourth-order valence-electron chi connectivity index (χ4n) is 4.75. The largest absolute Gasteiger partial charge is 0.389 e. The summed E-state index contributed by atoms with van der Waals surface area (Å²) in [5.41, 5.74) is -0.478. The molecule has 1 aliphatic rings. The zero-order valence-electron chi connectivity index (χ0n) is 18.9. The second kappa shape index (κ2) is 10.2. The van der Waals surface area contributed by atoms with Crippen LogP contribution in [0.25, 0.3) is 0 Å². The normalized spacial score (nSPS) is 24.0. The van der Waals surface area contributed by atoms with Gasteiger partial charge in [0, 0.05) is 33.8 Å². The molecule has 0 bridgehead atoms. The number of benzene rings is 3. The first kappa shape index (κ1) is 24.9. The Kier molecular flexibility index (Phi) is 7.26. The second-order valence-corrected chi connectivity index (χ2v) is 9.64. The van der Waals surface area contributed by atoms with Gasteiger partial charge in [0.05, 0.1) is 11.5 Å². The molecule has 3 N–H and O–H groups in total. The highest BCUT2D eigenvalue weighted by Crippen LogP contribution is 2.50. The molecule has 4 rings (SSSR count). The van der Waals surface area contributed by atoms with Crippen molar-refractivity contribution in [3.63, 3.8) is 0 Å². The van der Waals surface area contributed by atoms with Gasteiger partial charge in [0.25, 0.3) is 0 Å². The number of anilines is 2. The number of para-hydroxylation sites is 2. The maximum atomic E-state index is 13.6. The number of nitrogens with one attached hydrogen (secondary N) is 2. The molecule has 1 aliphatic carbocycles. The molecule has 4 atom stereocenters. The van der Waals surface area contributed by atoms with Crippen LogP contribution in [0.2, 0.25) is 10.0 Å². The molecule has 0 radical (unpaired) electrons. The summed E-state index contributed by atoms with van der Waals surface area (Å²) in [4.78, 5) is 40.4. The van der Waals surface area contributed by atoms with Gasteiger partial charge in [0.15, 0.2) is 0 Å². The summed E-state index contributed by atoms with van der Waals surface area (Å²) in [6, 6.07) is 22.2. The maximum absolute atomic E-state index is 13.6. The minimum Gasteiger partial charge on any atom is -0.389 e. The zero-order valence-corrected chi connectivity index (χ0v) is 20.4. The Bertz CT molecular complexity index is 1230. The lowest BCUT2D eigenvalue weighted by Gasteiger charge is -2.45. The van der Waals surface area contributed by atoms with Gasteiger partial charge in [-0.05, 0) is 48.9 Å². The van der Waals surface area contributed by atoms with E-state index < -0.39 is 41.0 Å². The van der Waals surface area contributed by atoms with Crippen molar-refractivity contribution in [3.05, 3.63) is 94.5 Å². The van der Waals surface area contributed by atoms with Crippen LogP contribution in [0, 0.1) is 11.8 Å². The number of hydrogen-bond acceptors (Lipinski definition) is 4. The Morgan fingerprint density at radius 2 is 1.31 bits per heavy atom. The van der Waals surface area contributed by atoms with E-state index in [1.54, 1.807) is 78.9 Å². The minimum atomic E-state index is -1.76. The van der Waals surface area contributed by atoms with Crippen LogP contribution in [0.1, 0.15) is 24.8 Å². The van der Waals surface area contributed by atoms with Crippen LogP contribution in [0.15, 0.2) is 78.9 Å². The van der Waals surface area contributed by atoms with Crippen LogP contribution >= 0.6 is 23.2 Å². The molecule has 180 valence electrons. The fourth-order valence-corrected chi connectivity index (χ4v) is 5.40. The molecule has 0 spiro atoms. The highest BCUT2D eigenvalue weighted by molar-refractivity contribution is 6.36. The van der Waals surface area contributed by atoms with E-state index in [9.17, 15) is 19.5 Å². The number of halogens is 2. The molecule has 1 saturated carbocycles. The summed E-state index contributed by atoms with van der Waals surface area (Å²) in [7, 11) is 0. The lowest BCUT2D eigenvalue weighted by Crippen LogP contribution is -2.56. The summed E-state index contributed by atoms with van der Waals surface area (Å²) in [5.74, 6) is -5.28. The van der Waals surface area contributed by atoms with E-state index in [1.807, 2.05) is 0 Å². The van der Waals surface area contributed by atoms with Gasteiger partial charge in [-0.1, -0.05) is 65.7 Å². The number of aliphatic hydroxyl groups is 1. The molecule has 0 heterocycles. The smallest absolute Gasteiger partial charge is 0.235 e. The van der Waals surface area contributed by atoms with Crippen molar-refractivity contribution in [3.8, 4) is 0 Å². The van der Waals surface area contributed by atoms with Gasteiger partial charge >= 0.3 is 0 Å². The molecule has 4 unspecified atom stereocenters. The summed E-state index contributed by atoms with van der Waals surface area (Å²) in [6.07, 6.45) is -0.384. The van der Waals surface area contributed by atoms with Crippen LogP contribution in [0.4, 0.5) is 11.4 Å². The van der Waals surface area contributed by atoms with Crippen molar-refractivity contribution in [2.24, 2.45) is 11.8 Å². The van der Waals surface area contributed by atoms with Crippen LogP contribution in [-0.2, 0) is 14.4 Å². The third kappa shape index (κ3) is 5.25. The van der Waals surface area contributed by atoms with E-state index in [2.05, 4.69) is 10.6 Å². The van der Waals surface area contributed by atoms with E-state index in [4.69, 9.17) is 23.2 Å². The Hall–Kier alpha value is -3.19. The number of amides is 2. The molecule has 3 aromatic carbocycles. The topological polar surface area (TPSA) is 95.5 Å². The van der Waals surface area contributed by atoms with Crippen LogP contribution in [-0.4, -0.2) is 28.3 Å². The second-order valence-electron chi connectivity index (χ2n) is 8.83. The van der Waals surface area contributed by atoms with Crippen molar-refractivity contribution in [2.45, 2.75) is 24.9 Å². The first-order valence-corrected chi connectivity index (χ1v) is 11.9. The number of hydrogen-bond donors (Lipinski definition) is 3. The predicted octanol–water partition coefficient (Wildman–Crippen LogP) is 5.31. The van der Waals surface area contributed by atoms with Crippen LogP contribution in [0.3, 0.4) is 0 Å². The van der Waals surface area contributed by atoms with Gasteiger partial charge in [-0.2, -0.15) is 0 Å². The highest BCUT2D eigenvalue weighted by atomic mass is 35.5. The number of ketones is 1. The lowest BCUT2D eigenvalue weighted by atomic mass is 9.61. The standard InChI is InChI=1S/C27H24Cl2N2O4/c1-27(35)15-20(32)22(25(33)30-16-9-4-2-5-10-16)23(21-18(28)13-8-14-19(21)29)24(27)26(34)31-17-11-6-3-7-12-17/h2-14,22-24,35H,15H2,1H3,(H,30,33)(H,31,34). The average Bonchev–Trinajstić information content (AvgIpc) is 2.79. The summed E-state index contributed by atoms with van der Waals surface area (Å²) >= 11 is 13.0. The van der Waals surface area contributed by atoms with Gasteiger partial charge in [0.1, 0.15) is 11.7 Å². The third-order valence-electron chi connectivity index (χ3n) is 6.25. The number of rotatable bonds is 5. The Labute approximate surface area is 213 Å². The number of Topliss-reactive ketones (excluding diaryl/α,β-unsaturated/α-hetero) is 1. The van der Waals surface area contributed by atoms with Crippen LogP contribution < -0.4 is 10.6 Å². The minimum absolute atomic E-state index is 0.197. The van der Waals surface area contributed by atoms with Crippen molar-refractivity contribution >= 4 is 52.2 Å². The molecular weight excluding hydrogens is 487 g/mol. The fraction of sp³-hybridized carbons (Fsp3) is 0.222. The molecule has 2 amide bonds. The quantitative estimate of drug-likeness (QED) is 0.405. The first-order valence-electron chi connectivity index (χ1n) is 11.1. The number of carbonyl (C=O) groups is 3. The highest BCUT2D eigenvalue weighted by Gasteiger charge is 2.56. The van der Waals surface area contributed by atoms with E-state index in [0.717, 1.165) is 0 Å². The Morgan fingerprint density at radius 1 is 0.829 bits per heavy atom. The SMILES string of the molecule is CC1(O)CC(=O)C(C(=O)Nc2ccccc2)C(c2c(Cl)cccc2Cl)C1C(=O)Nc1ccccc1. The Morgan fingerprint density at radius 3 is 1.83 bits per heavy atom. The van der Waals surface area contributed by atoms with E-state index in [-0.39, 0.29) is 22.0 Å². The first-order chi connectivity index (χ1) is 16.7. The van der Waals surface area contributed by atoms with E-state index in [0.29, 0.717) is 11.4 Å². The van der Waals surface area contributed by atoms with E-state index >= 15 is 0 Å². The van der Waals surface area contributed by atoms with Crippen molar-refractivity contribution in [1.29, 1.82) is 0 Å². The van der Waals surface area contributed by atoms with E-state index in [1.165, 1.54) is 6.92 Å². The maximum Gasteiger partial charge on any atom is 0.235 e. The van der Waals surface area contributed by atoms with Gasteiger partial charge in [0.2, 0.25) is 11.8 Å². The van der Waals surface area contributed by atoms with Crippen molar-refractivity contribution in [2.75, 3.05) is 10.6 Å². The van der Waals surface area contributed by atoms with Gasteiger partial charge in [-0.15, -0.1) is 0 Å². The molecule has 0 saturated heterocycles. The molecule has 6 nitrogen and oxygen atoms in total. The third-order valence-corrected chi connectivity index (χ3v) is 6.91. The van der Waals surface area contributed by atoms with Crippen molar-refractivity contribution in [1.82, 2.24) is 0 Å². The Balaban J connectivity index is 1.82. The molecule has 3 aromatic rings. The molecular formula is C27H24Cl2N2O4. The van der Waals surface area contributed by atoms with Gasteiger partial charge in [-0.25, -0.2) is 0 Å².